The molecule has 1 unspecified atom stereocenters. The van der Waals surface area contributed by atoms with Crippen molar-refractivity contribution >= 4 is 5.91 Å². The maximum atomic E-state index is 11.9. The largest absolute Gasteiger partial charge is 0.391 e. The molecule has 0 aliphatic carbocycles. The van der Waals surface area contributed by atoms with Crippen molar-refractivity contribution in [3.05, 3.63) is 42.3 Å². The first kappa shape index (κ1) is 10.2. The van der Waals surface area contributed by atoms with Crippen LogP contribution < -0.4 is 0 Å². The highest BCUT2D eigenvalue weighted by Gasteiger charge is 2.25. The van der Waals surface area contributed by atoms with Gasteiger partial charge in [-0.2, -0.15) is 0 Å². The molecular weight excluding hydrogens is 190 g/mol. The van der Waals surface area contributed by atoms with E-state index < -0.39 is 0 Å². The van der Waals surface area contributed by atoms with Gasteiger partial charge in [-0.05, 0) is 31.0 Å². The molecule has 15 heavy (non-hydrogen) atoms. The van der Waals surface area contributed by atoms with Gasteiger partial charge in [0, 0.05) is 18.7 Å². The van der Waals surface area contributed by atoms with E-state index in [4.69, 9.17) is 0 Å². The minimum Gasteiger partial charge on any atom is -0.391 e. The van der Waals surface area contributed by atoms with Gasteiger partial charge in [0.2, 0.25) is 0 Å². The Morgan fingerprint density at radius 3 is 2.93 bits per heavy atom. The van der Waals surface area contributed by atoms with E-state index in [2.05, 4.69) is 6.92 Å². The predicted molar refractivity (Wildman–Crippen MR) is 57.4 cm³/mol. The summed E-state index contributed by atoms with van der Waals surface area (Å²) in [6.45, 7) is 4.87. The molecule has 0 aromatic heterocycles. The maximum Gasteiger partial charge on any atom is 0.253 e. The highest BCUT2D eigenvalue weighted by Crippen LogP contribution is 2.14. The normalized spacial score (nSPS) is 20.7. The highest BCUT2D eigenvalue weighted by molar-refractivity contribution is 5.94. The Bertz CT molecular complexity index is 376. The topological polar surface area (TPSA) is 40.5 Å². The van der Waals surface area contributed by atoms with Gasteiger partial charge >= 0.3 is 0 Å². The second-order valence-corrected chi connectivity index (χ2v) is 3.89. The van der Waals surface area contributed by atoms with Gasteiger partial charge in [-0.15, -0.1) is 0 Å². The molecule has 1 fully saturated rings. The molecule has 1 heterocycles. The summed E-state index contributed by atoms with van der Waals surface area (Å²) in [7, 11) is 0. The van der Waals surface area contributed by atoms with Gasteiger partial charge in [0.1, 0.15) is 0 Å². The van der Waals surface area contributed by atoms with Crippen molar-refractivity contribution < 1.29 is 9.90 Å². The maximum absolute atomic E-state index is 11.9. The van der Waals surface area contributed by atoms with Crippen LogP contribution in [-0.2, 0) is 0 Å². The predicted octanol–water partition coefficient (Wildman–Crippen LogP) is 1.08. The van der Waals surface area contributed by atoms with E-state index in [-0.39, 0.29) is 12.0 Å². The summed E-state index contributed by atoms with van der Waals surface area (Å²) in [5, 5.41) is 9.34. The number of hydrogen-bond acceptors (Lipinski definition) is 2. The van der Waals surface area contributed by atoms with E-state index in [1.54, 1.807) is 17.0 Å². The quantitative estimate of drug-likeness (QED) is 0.743. The summed E-state index contributed by atoms with van der Waals surface area (Å²) in [6, 6.07) is 7.23. The average Bonchev–Trinajstić information content (AvgIpc) is 2.64. The molecule has 1 N–H and O–H groups in total. The zero-order valence-electron chi connectivity index (χ0n) is 8.52. The lowest BCUT2D eigenvalue weighted by Crippen LogP contribution is -2.29. The fourth-order valence-corrected chi connectivity index (χ4v) is 1.81. The zero-order valence-corrected chi connectivity index (χ0v) is 8.52. The summed E-state index contributed by atoms with van der Waals surface area (Å²) in [5.41, 5.74) is 1.48. The number of aliphatic hydroxyl groups is 1. The van der Waals surface area contributed by atoms with Gasteiger partial charge in [0.25, 0.3) is 5.91 Å². The molecule has 1 amide bonds. The van der Waals surface area contributed by atoms with Crippen molar-refractivity contribution in [3.63, 3.8) is 0 Å². The van der Waals surface area contributed by atoms with Crippen LogP contribution in [0, 0.1) is 6.92 Å². The van der Waals surface area contributed by atoms with Crippen LogP contribution in [0.25, 0.3) is 0 Å². The minimum absolute atomic E-state index is 0.0166. The smallest absolute Gasteiger partial charge is 0.253 e. The van der Waals surface area contributed by atoms with Crippen LogP contribution in [0.1, 0.15) is 22.3 Å². The van der Waals surface area contributed by atoms with E-state index in [0.717, 1.165) is 5.56 Å². The summed E-state index contributed by atoms with van der Waals surface area (Å²) < 4.78 is 0. The molecule has 1 aliphatic rings. The van der Waals surface area contributed by atoms with Crippen LogP contribution in [0.3, 0.4) is 0 Å². The Hall–Kier alpha value is -1.35. The Labute approximate surface area is 89.3 Å². The standard InChI is InChI=1S/C12H14NO2/c1-9-3-2-4-10(7-9)12(15)13-6-5-11(14)8-13/h2-4,7,11,14H,1,5-6,8H2. The molecular formula is C12H14NO2. The van der Waals surface area contributed by atoms with Gasteiger partial charge in [-0.3, -0.25) is 4.79 Å². The molecule has 3 nitrogen and oxygen atoms in total. The molecule has 1 saturated heterocycles. The first-order valence-electron chi connectivity index (χ1n) is 5.06. The van der Waals surface area contributed by atoms with Crippen LogP contribution >= 0.6 is 0 Å². The first-order chi connectivity index (χ1) is 7.16. The minimum atomic E-state index is -0.364. The molecule has 1 atom stereocenters. The number of β-amino-alcohol motifs (C(OH)–C–C–N with tert-alkyl or cyclic N) is 1. The van der Waals surface area contributed by atoms with Gasteiger partial charge in [-0.25, -0.2) is 0 Å². The molecule has 1 radical (unpaired) electrons. The van der Waals surface area contributed by atoms with Crippen molar-refractivity contribution in [2.24, 2.45) is 0 Å². The van der Waals surface area contributed by atoms with Crippen molar-refractivity contribution in [2.45, 2.75) is 12.5 Å². The fourth-order valence-electron chi connectivity index (χ4n) is 1.81. The number of carbonyl (C=O) groups is 1. The lowest BCUT2D eigenvalue weighted by atomic mass is 10.1. The van der Waals surface area contributed by atoms with Gasteiger partial charge in [-0.1, -0.05) is 12.1 Å². The van der Waals surface area contributed by atoms with E-state index in [9.17, 15) is 9.90 Å². The van der Waals surface area contributed by atoms with E-state index in [1.165, 1.54) is 0 Å². The second-order valence-electron chi connectivity index (χ2n) is 3.89. The van der Waals surface area contributed by atoms with E-state index in [1.807, 2.05) is 12.1 Å². The van der Waals surface area contributed by atoms with Crippen LogP contribution in [0.2, 0.25) is 0 Å². The van der Waals surface area contributed by atoms with Crippen LogP contribution in [0.4, 0.5) is 0 Å². The molecule has 0 spiro atoms. The molecule has 0 bridgehead atoms. The van der Waals surface area contributed by atoms with Crippen LogP contribution in [0.15, 0.2) is 24.3 Å². The van der Waals surface area contributed by atoms with E-state index >= 15 is 0 Å². The summed E-state index contributed by atoms with van der Waals surface area (Å²) >= 11 is 0. The number of nitrogens with zero attached hydrogens (tertiary/aromatic N) is 1. The third kappa shape index (κ3) is 2.18. The molecule has 1 aromatic rings. The second kappa shape index (κ2) is 4.03. The Balaban J connectivity index is 2.14. The molecule has 2 rings (SSSR count). The Kier molecular flexibility index (Phi) is 2.73. The zero-order chi connectivity index (χ0) is 10.8. The summed E-state index contributed by atoms with van der Waals surface area (Å²) in [6.07, 6.45) is 0.312. The number of aliphatic hydroxyl groups excluding tert-OH is 1. The van der Waals surface area contributed by atoms with Crippen molar-refractivity contribution in [2.75, 3.05) is 13.1 Å². The monoisotopic (exact) mass is 204 g/mol. The van der Waals surface area contributed by atoms with Gasteiger partial charge in [0.15, 0.2) is 0 Å². The van der Waals surface area contributed by atoms with Crippen molar-refractivity contribution in [3.8, 4) is 0 Å². The third-order valence-corrected chi connectivity index (χ3v) is 2.62. The summed E-state index contributed by atoms with van der Waals surface area (Å²) in [5.74, 6) is -0.0166. The number of likely N-dealkylation sites (tertiary alicyclic amines) is 1. The Morgan fingerprint density at radius 1 is 1.53 bits per heavy atom. The molecule has 79 valence electrons. The molecule has 1 aromatic carbocycles. The van der Waals surface area contributed by atoms with Crippen molar-refractivity contribution in [1.29, 1.82) is 0 Å². The molecule has 0 saturated carbocycles. The van der Waals surface area contributed by atoms with Gasteiger partial charge < -0.3 is 10.0 Å². The average molecular weight is 204 g/mol. The fraction of sp³-hybridized carbons (Fsp3) is 0.333. The highest BCUT2D eigenvalue weighted by atomic mass is 16.3. The number of carbonyl (C=O) groups excluding carboxylic acids is 1. The number of amides is 1. The van der Waals surface area contributed by atoms with E-state index in [0.29, 0.717) is 25.1 Å². The SMILES string of the molecule is [CH2]c1cccc(C(=O)N2CCC(O)C2)c1. The lowest BCUT2D eigenvalue weighted by Gasteiger charge is -2.15. The van der Waals surface area contributed by atoms with Crippen LogP contribution in [0.5, 0.6) is 0 Å². The number of benzene rings is 1. The lowest BCUT2D eigenvalue weighted by molar-refractivity contribution is 0.0765. The number of rotatable bonds is 1. The number of hydrogen-bond donors (Lipinski definition) is 1. The molecule has 3 heteroatoms. The van der Waals surface area contributed by atoms with Gasteiger partial charge in [0.05, 0.1) is 6.10 Å². The third-order valence-electron chi connectivity index (χ3n) is 2.62. The van der Waals surface area contributed by atoms with Crippen LogP contribution in [-0.4, -0.2) is 35.1 Å². The molecule has 1 aliphatic heterocycles. The first-order valence-corrected chi connectivity index (χ1v) is 5.06. The Morgan fingerprint density at radius 2 is 2.33 bits per heavy atom. The van der Waals surface area contributed by atoms with Crippen molar-refractivity contribution in [1.82, 2.24) is 4.90 Å². The summed E-state index contributed by atoms with van der Waals surface area (Å²) in [4.78, 5) is 13.6.